The van der Waals surface area contributed by atoms with Crippen LogP contribution in [0.25, 0.3) is 0 Å². The second-order valence-electron chi connectivity index (χ2n) is 7.42. The van der Waals surface area contributed by atoms with Crippen molar-refractivity contribution in [3.05, 3.63) is 41.7 Å². The zero-order valence-electron chi connectivity index (χ0n) is 17.5. The third kappa shape index (κ3) is 4.33. The van der Waals surface area contributed by atoms with Crippen LogP contribution in [0.2, 0.25) is 0 Å². The summed E-state index contributed by atoms with van der Waals surface area (Å²) in [5.41, 5.74) is 2.14. The van der Waals surface area contributed by atoms with Gasteiger partial charge in [-0.05, 0) is 18.6 Å². The zero-order valence-corrected chi connectivity index (χ0v) is 17.5. The van der Waals surface area contributed by atoms with Gasteiger partial charge in [0.15, 0.2) is 17.6 Å². The first-order chi connectivity index (χ1) is 14.7. The molecule has 1 amide bonds. The van der Waals surface area contributed by atoms with E-state index < -0.39 is 6.10 Å². The number of fused-ring (bicyclic) bond motifs is 1. The van der Waals surface area contributed by atoms with Gasteiger partial charge >= 0.3 is 0 Å². The molecule has 1 saturated heterocycles. The predicted octanol–water partition coefficient (Wildman–Crippen LogP) is 2.06. The quantitative estimate of drug-likeness (QED) is 0.719. The maximum atomic E-state index is 13.1. The Hall–Kier alpha value is -2.87. The number of carbonyl (C=O) groups excluding carboxylic acids is 1. The molecule has 8 heteroatoms. The fourth-order valence-corrected chi connectivity index (χ4v) is 3.78. The highest BCUT2D eigenvalue weighted by molar-refractivity contribution is 5.81. The molecule has 0 spiro atoms. The van der Waals surface area contributed by atoms with Crippen LogP contribution in [0.4, 0.5) is 5.95 Å². The van der Waals surface area contributed by atoms with Crippen molar-refractivity contribution >= 4 is 11.9 Å². The smallest absolute Gasteiger partial charge is 0.263 e. The van der Waals surface area contributed by atoms with Crippen LogP contribution in [0, 0.1) is 0 Å². The highest BCUT2D eigenvalue weighted by atomic mass is 16.5. The van der Waals surface area contributed by atoms with Gasteiger partial charge in [0.2, 0.25) is 5.95 Å². The Kier molecular flexibility index (Phi) is 6.32. The van der Waals surface area contributed by atoms with E-state index in [0.29, 0.717) is 57.3 Å². The summed E-state index contributed by atoms with van der Waals surface area (Å²) in [5.74, 6) is 1.96. The summed E-state index contributed by atoms with van der Waals surface area (Å²) < 4.78 is 16.8. The van der Waals surface area contributed by atoms with E-state index in [1.54, 1.807) is 7.11 Å². The van der Waals surface area contributed by atoms with Crippen molar-refractivity contribution in [2.75, 3.05) is 44.8 Å². The van der Waals surface area contributed by atoms with Gasteiger partial charge in [0, 0.05) is 44.4 Å². The molecule has 1 aromatic heterocycles. The number of amides is 1. The molecule has 1 aromatic carbocycles. The van der Waals surface area contributed by atoms with Gasteiger partial charge in [-0.3, -0.25) is 4.79 Å². The van der Waals surface area contributed by atoms with Crippen molar-refractivity contribution in [1.82, 2.24) is 14.9 Å². The number of benzene rings is 1. The fourth-order valence-electron chi connectivity index (χ4n) is 3.78. The van der Waals surface area contributed by atoms with Crippen LogP contribution in [0.3, 0.4) is 0 Å². The number of ether oxygens (including phenoxy) is 3. The van der Waals surface area contributed by atoms with E-state index in [-0.39, 0.29) is 5.91 Å². The number of hydrogen-bond donors (Lipinski definition) is 0. The molecule has 0 N–H and O–H groups in total. The van der Waals surface area contributed by atoms with Crippen molar-refractivity contribution in [1.29, 1.82) is 0 Å². The molecule has 4 rings (SSSR count). The van der Waals surface area contributed by atoms with Crippen LogP contribution in [0.1, 0.15) is 24.6 Å². The summed E-state index contributed by atoms with van der Waals surface area (Å²) in [6, 6.07) is 7.41. The Morgan fingerprint density at radius 1 is 1.20 bits per heavy atom. The number of aromatic nitrogens is 2. The molecule has 2 aliphatic heterocycles. The van der Waals surface area contributed by atoms with Crippen LogP contribution in [-0.2, 0) is 22.6 Å². The standard InChI is InChI=1S/C22H28N4O4/c1-3-18(30-20-7-5-4-6-19(20)28-2)21(27)25-9-11-26(12-10-25)22-23-14-16-15-29-13-8-17(16)24-22/h4-7,14,18H,3,8-13,15H2,1-2H3. The van der Waals surface area contributed by atoms with Gasteiger partial charge in [-0.2, -0.15) is 0 Å². The van der Waals surface area contributed by atoms with E-state index >= 15 is 0 Å². The van der Waals surface area contributed by atoms with Gasteiger partial charge < -0.3 is 24.0 Å². The summed E-state index contributed by atoms with van der Waals surface area (Å²) in [5, 5.41) is 0. The molecular formula is C22H28N4O4. The van der Waals surface area contributed by atoms with Crippen LogP contribution in [0.5, 0.6) is 11.5 Å². The minimum atomic E-state index is -0.534. The van der Waals surface area contributed by atoms with Gasteiger partial charge in [0.1, 0.15) is 0 Å². The number of carbonyl (C=O) groups is 1. The Bertz CT molecular complexity index is 883. The average molecular weight is 412 g/mol. The third-order valence-corrected chi connectivity index (χ3v) is 5.54. The molecule has 2 aliphatic rings. The summed E-state index contributed by atoms with van der Waals surface area (Å²) in [6.45, 7) is 5.89. The lowest BCUT2D eigenvalue weighted by molar-refractivity contribution is -0.139. The predicted molar refractivity (Wildman–Crippen MR) is 112 cm³/mol. The first-order valence-electron chi connectivity index (χ1n) is 10.5. The maximum Gasteiger partial charge on any atom is 0.263 e. The SMILES string of the molecule is CCC(Oc1ccccc1OC)C(=O)N1CCN(c2ncc3c(n2)CCOC3)CC1. The highest BCUT2D eigenvalue weighted by Gasteiger charge is 2.29. The lowest BCUT2D eigenvalue weighted by Gasteiger charge is -2.36. The van der Waals surface area contributed by atoms with Gasteiger partial charge in [-0.25, -0.2) is 9.97 Å². The lowest BCUT2D eigenvalue weighted by atomic mass is 10.1. The van der Waals surface area contributed by atoms with Crippen molar-refractivity contribution < 1.29 is 19.0 Å². The van der Waals surface area contributed by atoms with E-state index in [2.05, 4.69) is 9.88 Å². The lowest BCUT2D eigenvalue weighted by Crippen LogP contribution is -2.52. The molecule has 8 nitrogen and oxygen atoms in total. The molecule has 2 aromatic rings. The fraction of sp³-hybridized carbons (Fsp3) is 0.500. The molecule has 0 saturated carbocycles. The first kappa shape index (κ1) is 20.4. The average Bonchev–Trinajstić information content (AvgIpc) is 2.82. The zero-order chi connectivity index (χ0) is 20.9. The van der Waals surface area contributed by atoms with Crippen LogP contribution in [-0.4, -0.2) is 66.8 Å². The molecule has 30 heavy (non-hydrogen) atoms. The number of rotatable bonds is 6. The summed E-state index contributed by atoms with van der Waals surface area (Å²) >= 11 is 0. The van der Waals surface area contributed by atoms with E-state index in [9.17, 15) is 4.79 Å². The molecule has 0 bridgehead atoms. The van der Waals surface area contributed by atoms with E-state index in [4.69, 9.17) is 19.2 Å². The third-order valence-electron chi connectivity index (χ3n) is 5.54. The normalized spacial score (nSPS) is 17.3. The molecule has 160 valence electrons. The Balaban J connectivity index is 1.37. The molecular weight excluding hydrogens is 384 g/mol. The summed E-state index contributed by atoms with van der Waals surface area (Å²) in [4.78, 5) is 26.3. The van der Waals surface area contributed by atoms with Gasteiger partial charge in [-0.15, -0.1) is 0 Å². The largest absolute Gasteiger partial charge is 0.493 e. The molecule has 0 aliphatic carbocycles. The number of methoxy groups -OCH3 is 1. The van der Waals surface area contributed by atoms with Crippen LogP contribution >= 0.6 is 0 Å². The minimum absolute atomic E-state index is 0.00608. The molecule has 1 fully saturated rings. The minimum Gasteiger partial charge on any atom is -0.493 e. The maximum absolute atomic E-state index is 13.1. The molecule has 1 unspecified atom stereocenters. The molecule has 1 atom stereocenters. The summed E-state index contributed by atoms with van der Waals surface area (Å²) in [6.07, 6.45) is 2.74. The number of para-hydroxylation sites is 2. The number of anilines is 1. The van der Waals surface area contributed by atoms with Crippen molar-refractivity contribution in [2.45, 2.75) is 32.5 Å². The monoisotopic (exact) mass is 412 g/mol. The van der Waals surface area contributed by atoms with Crippen molar-refractivity contribution in [2.24, 2.45) is 0 Å². The molecule has 0 radical (unpaired) electrons. The Morgan fingerprint density at radius 2 is 1.97 bits per heavy atom. The molecule has 3 heterocycles. The van der Waals surface area contributed by atoms with Gasteiger partial charge in [0.25, 0.3) is 5.91 Å². The topological polar surface area (TPSA) is 77.0 Å². The van der Waals surface area contributed by atoms with Crippen molar-refractivity contribution in [3.63, 3.8) is 0 Å². The van der Waals surface area contributed by atoms with Crippen molar-refractivity contribution in [3.8, 4) is 11.5 Å². The van der Waals surface area contributed by atoms with Crippen LogP contribution < -0.4 is 14.4 Å². The summed E-state index contributed by atoms with van der Waals surface area (Å²) in [7, 11) is 1.60. The van der Waals surface area contributed by atoms with Gasteiger partial charge in [0.05, 0.1) is 26.0 Å². The first-order valence-corrected chi connectivity index (χ1v) is 10.5. The number of nitrogens with zero attached hydrogens (tertiary/aromatic N) is 4. The van der Waals surface area contributed by atoms with E-state index in [1.165, 1.54) is 0 Å². The Morgan fingerprint density at radius 3 is 2.70 bits per heavy atom. The second kappa shape index (κ2) is 9.30. The Labute approximate surface area is 176 Å². The van der Waals surface area contributed by atoms with Gasteiger partial charge in [-0.1, -0.05) is 19.1 Å². The highest BCUT2D eigenvalue weighted by Crippen LogP contribution is 2.28. The van der Waals surface area contributed by atoms with E-state index in [1.807, 2.05) is 42.3 Å². The number of hydrogen-bond acceptors (Lipinski definition) is 7. The van der Waals surface area contributed by atoms with Crippen LogP contribution in [0.15, 0.2) is 30.5 Å². The number of piperazine rings is 1. The second-order valence-corrected chi connectivity index (χ2v) is 7.42. The van der Waals surface area contributed by atoms with E-state index in [0.717, 1.165) is 23.6 Å².